The van der Waals surface area contributed by atoms with E-state index in [0.717, 1.165) is 51.0 Å². The maximum Gasteiger partial charge on any atom is 0.416 e. The average molecular weight is 415 g/mol. The van der Waals surface area contributed by atoms with E-state index in [1.54, 1.807) is 0 Å². The summed E-state index contributed by atoms with van der Waals surface area (Å²) < 4.78 is 44.2. The zero-order chi connectivity index (χ0) is 21.4. The van der Waals surface area contributed by atoms with Gasteiger partial charge in [-0.25, -0.2) is 4.98 Å². The number of benzene rings is 4. The number of aromatic nitrogens is 1. The van der Waals surface area contributed by atoms with E-state index in [-0.39, 0.29) is 0 Å². The average Bonchev–Trinajstić information content (AvgIpc) is 3.23. The lowest BCUT2D eigenvalue weighted by Gasteiger charge is -2.09. The molecule has 0 radical (unpaired) electrons. The van der Waals surface area contributed by atoms with Crippen LogP contribution in [0.25, 0.3) is 44.8 Å². The molecule has 0 bridgehead atoms. The Balaban J connectivity index is 1.43. The van der Waals surface area contributed by atoms with E-state index in [2.05, 4.69) is 4.98 Å². The first-order valence-electron chi connectivity index (χ1n) is 9.71. The van der Waals surface area contributed by atoms with Crippen molar-refractivity contribution in [2.24, 2.45) is 0 Å². The van der Waals surface area contributed by atoms with Gasteiger partial charge in [-0.15, -0.1) is 0 Å². The molecule has 2 nitrogen and oxygen atoms in total. The third-order valence-electron chi connectivity index (χ3n) is 5.17. The van der Waals surface area contributed by atoms with Gasteiger partial charge in [0.2, 0.25) is 5.89 Å². The molecule has 0 aliphatic heterocycles. The van der Waals surface area contributed by atoms with Gasteiger partial charge >= 0.3 is 6.18 Å². The van der Waals surface area contributed by atoms with Gasteiger partial charge in [-0.1, -0.05) is 60.7 Å². The van der Waals surface area contributed by atoms with Gasteiger partial charge in [0.1, 0.15) is 5.52 Å². The van der Waals surface area contributed by atoms with Crippen molar-refractivity contribution in [2.45, 2.75) is 6.18 Å². The molecule has 1 aromatic heterocycles. The first-order valence-corrected chi connectivity index (χ1v) is 9.71. The van der Waals surface area contributed by atoms with Crippen molar-refractivity contribution in [3.8, 4) is 33.7 Å². The second-order valence-electron chi connectivity index (χ2n) is 7.22. The first kappa shape index (κ1) is 19.1. The predicted octanol–water partition coefficient (Wildman–Crippen LogP) is 7.85. The molecule has 152 valence electrons. The highest BCUT2D eigenvalue weighted by Gasteiger charge is 2.29. The summed E-state index contributed by atoms with van der Waals surface area (Å²) in [6.07, 6.45) is -4.33. The van der Waals surface area contributed by atoms with Crippen LogP contribution in [-0.2, 0) is 6.18 Å². The van der Waals surface area contributed by atoms with Crippen LogP contribution in [0.15, 0.2) is 101 Å². The molecular formula is C26H16F3NO. The van der Waals surface area contributed by atoms with Crippen LogP contribution in [0.3, 0.4) is 0 Å². The van der Waals surface area contributed by atoms with E-state index in [9.17, 15) is 13.2 Å². The summed E-state index contributed by atoms with van der Waals surface area (Å²) >= 11 is 0. The van der Waals surface area contributed by atoms with Crippen molar-refractivity contribution < 1.29 is 17.6 Å². The highest BCUT2D eigenvalue weighted by atomic mass is 19.4. The van der Waals surface area contributed by atoms with Gasteiger partial charge in [0, 0.05) is 5.56 Å². The molecule has 0 saturated heterocycles. The molecule has 0 fully saturated rings. The van der Waals surface area contributed by atoms with Gasteiger partial charge in [-0.05, 0) is 58.7 Å². The molecule has 5 aromatic rings. The molecule has 31 heavy (non-hydrogen) atoms. The maximum atomic E-state index is 12.8. The molecule has 4 aromatic carbocycles. The number of nitrogens with zero attached hydrogens (tertiary/aromatic N) is 1. The van der Waals surface area contributed by atoms with Gasteiger partial charge in [-0.3, -0.25) is 0 Å². The number of halogens is 3. The lowest BCUT2D eigenvalue weighted by molar-refractivity contribution is -0.137. The summed E-state index contributed by atoms with van der Waals surface area (Å²) in [6, 6.07) is 28.4. The number of rotatable bonds is 3. The van der Waals surface area contributed by atoms with Crippen LogP contribution in [0.1, 0.15) is 5.56 Å². The summed E-state index contributed by atoms with van der Waals surface area (Å²) in [5.41, 5.74) is 5.36. The zero-order valence-electron chi connectivity index (χ0n) is 16.2. The fourth-order valence-electron chi connectivity index (χ4n) is 3.53. The Bertz CT molecular complexity index is 1320. The maximum absolute atomic E-state index is 12.8. The van der Waals surface area contributed by atoms with E-state index < -0.39 is 11.7 Å². The van der Waals surface area contributed by atoms with Crippen molar-refractivity contribution in [3.05, 3.63) is 103 Å². The molecule has 5 rings (SSSR count). The standard InChI is InChI=1S/C26H16F3NO/c27-26(28,29)22-14-12-18(13-15-22)17-8-10-19(11-9-17)20-4-3-5-21(16-20)25-30-23-6-1-2-7-24(23)31-25/h1-16H. The Hall–Kier alpha value is -3.86. The molecule has 0 N–H and O–H groups in total. The number of hydrogen-bond acceptors (Lipinski definition) is 2. The quantitative estimate of drug-likeness (QED) is 0.300. The van der Waals surface area contributed by atoms with E-state index >= 15 is 0 Å². The molecule has 0 amide bonds. The molecule has 0 atom stereocenters. The van der Waals surface area contributed by atoms with Crippen LogP contribution < -0.4 is 0 Å². The third-order valence-corrected chi connectivity index (χ3v) is 5.17. The minimum Gasteiger partial charge on any atom is -0.436 e. The van der Waals surface area contributed by atoms with E-state index in [4.69, 9.17) is 4.42 Å². The minimum absolute atomic E-state index is 0.560. The van der Waals surface area contributed by atoms with Crippen molar-refractivity contribution in [3.63, 3.8) is 0 Å². The molecule has 0 aliphatic carbocycles. The predicted molar refractivity (Wildman–Crippen MR) is 115 cm³/mol. The van der Waals surface area contributed by atoms with Crippen LogP contribution in [0.2, 0.25) is 0 Å². The second kappa shape index (κ2) is 7.43. The largest absolute Gasteiger partial charge is 0.436 e. The Kier molecular flexibility index (Phi) is 4.59. The van der Waals surface area contributed by atoms with Crippen LogP contribution in [-0.4, -0.2) is 4.98 Å². The number of fused-ring (bicyclic) bond motifs is 1. The van der Waals surface area contributed by atoms with Crippen molar-refractivity contribution >= 4 is 11.1 Å². The summed E-state index contributed by atoms with van der Waals surface area (Å²) in [5, 5.41) is 0. The van der Waals surface area contributed by atoms with Crippen LogP contribution in [0.4, 0.5) is 13.2 Å². The monoisotopic (exact) mass is 415 g/mol. The number of para-hydroxylation sites is 2. The lowest BCUT2D eigenvalue weighted by Crippen LogP contribution is -2.03. The molecule has 0 unspecified atom stereocenters. The molecular weight excluding hydrogens is 399 g/mol. The minimum atomic E-state index is -4.33. The van der Waals surface area contributed by atoms with Crippen molar-refractivity contribution in [1.82, 2.24) is 4.98 Å². The number of hydrogen-bond donors (Lipinski definition) is 0. The SMILES string of the molecule is FC(F)(F)c1ccc(-c2ccc(-c3cccc(-c4nc5ccccc5o4)c3)cc2)cc1. The van der Waals surface area contributed by atoms with Crippen LogP contribution >= 0.6 is 0 Å². The second-order valence-corrected chi connectivity index (χ2v) is 7.22. The van der Waals surface area contributed by atoms with Gasteiger partial charge in [-0.2, -0.15) is 13.2 Å². The van der Waals surface area contributed by atoms with Crippen molar-refractivity contribution in [1.29, 1.82) is 0 Å². The van der Waals surface area contributed by atoms with E-state index in [1.165, 1.54) is 12.1 Å². The molecule has 5 heteroatoms. The zero-order valence-corrected chi connectivity index (χ0v) is 16.2. The normalized spacial score (nSPS) is 11.7. The van der Waals surface area contributed by atoms with Crippen molar-refractivity contribution in [2.75, 3.05) is 0 Å². The topological polar surface area (TPSA) is 26.0 Å². The van der Waals surface area contributed by atoms with Gasteiger partial charge < -0.3 is 4.42 Å². The van der Waals surface area contributed by atoms with Crippen LogP contribution in [0.5, 0.6) is 0 Å². The Morgan fingerprint density at radius 2 is 1.16 bits per heavy atom. The van der Waals surface area contributed by atoms with E-state index in [0.29, 0.717) is 5.89 Å². The fraction of sp³-hybridized carbons (Fsp3) is 0.0385. The molecule has 0 aliphatic rings. The number of oxazole rings is 1. The molecule has 1 heterocycles. The molecule has 0 spiro atoms. The molecule has 0 saturated carbocycles. The highest BCUT2D eigenvalue weighted by molar-refractivity contribution is 5.78. The highest BCUT2D eigenvalue weighted by Crippen LogP contribution is 2.32. The summed E-state index contributed by atoms with van der Waals surface area (Å²) in [6.45, 7) is 0. The van der Waals surface area contributed by atoms with Gasteiger partial charge in [0.15, 0.2) is 5.58 Å². The number of alkyl halides is 3. The Labute approximate surface area is 176 Å². The smallest absolute Gasteiger partial charge is 0.416 e. The van der Waals surface area contributed by atoms with Gasteiger partial charge in [0.25, 0.3) is 0 Å². The van der Waals surface area contributed by atoms with Crippen LogP contribution in [0, 0.1) is 0 Å². The lowest BCUT2D eigenvalue weighted by atomic mass is 9.98. The Morgan fingerprint density at radius 1 is 0.581 bits per heavy atom. The van der Waals surface area contributed by atoms with E-state index in [1.807, 2.05) is 72.8 Å². The first-order chi connectivity index (χ1) is 15.0. The summed E-state index contributed by atoms with van der Waals surface area (Å²) in [4.78, 5) is 4.55. The third kappa shape index (κ3) is 3.82. The van der Waals surface area contributed by atoms with Gasteiger partial charge in [0.05, 0.1) is 5.56 Å². The fourth-order valence-corrected chi connectivity index (χ4v) is 3.53. The Morgan fingerprint density at radius 3 is 1.81 bits per heavy atom. The summed E-state index contributed by atoms with van der Waals surface area (Å²) in [7, 11) is 0. The summed E-state index contributed by atoms with van der Waals surface area (Å²) in [5.74, 6) is 0.560.